The highest BCUT2D eigenvalue weighted by atomic mass is 35.5. The van der Waals surface area contributed by atoms with Crippen LogP contribution in [0.2, 0.25) is 5.02 Å². The molecule has 1 aromatic heterocycles. The van der Waals surface area contributed by atoms with Crippen LogP contribution in [0.3, 0.4) is 0 Å². The van der Waals surface area contributed by atoms with E-state index in [0.717, 1.165) is 30.9 Å². The molecule has 0 saturated carbocycles. The van der Waals surface area contributed by atoms with E-state index in [-0.39, 0.29) is 24.4 Å². The van der Waals surface area contributed by atoms with Gasteiger partial charge in [-0.3, -0.25) is 4.79 Å². The van der Waals surface area contributed by atoms with Gasteiger partial charge in [-0.25, -0.2) is 4.68 Å². The van der Waals surface area contributed by atoms with E-state index in [0.29, 0.717) is 16.5 Å². The highest BCUT2D eigenvalue weighted by Crippen LogP contribution is 2.22. The molecule has 1 fully saturated rings. The lowest BCUT2D eigenvalue weighted by Crippen LogP contribution is -2.48. The van der Waals surface area contributed by atoms with Gasteiger partial charge in [0.15, 0.2) is 0 Å². The number of carbonyl (C=O) groups excluding carboxylic acids is 1. The quantitative estimate of drug-likeness (QED) is 0.875. The average molecular weight is 369 g/mol. The summed E-state index contributed by atoms with van der Waals surface area (Å²) in [5, 5.41) is 11.4. The van der Waals surface area contributed by atoms with Crippen molar-refractivity contribution in [3.05, 3.63) is 46.7 Å². The number of hydrogen-bond donors (Lipinski definition) is 2. The Balaban J connectivity index is 0.00000208. The van der Waals surface area contributed by atoms with Gasteiger partial charge in [-0.1, -0.05) is 30.7 Å². The molecule has 1 aliphatic heterocycles. The van der Waals surface area contributed by atoms with E-state index in [4.69, 9.17) is 11.6 Å². The first kappa shape index (κ1) is 18.8. The maximum Gasteiger partial charge on any atom is 0.254 e. The summed E-state index contributed by atoms with van der Waals surface area (Å²) in [6, 6.07) is 7.68. The van der Waals surface area contributed by atoms with Gasteiger partial charge in [0, 0.05) is 6.04 Å². The van der Waals surface area contributed by atoms with Crippen molar-refractivity contribution in [2.45, 2.75) is 26.3 Å². The van der Waals surface area contributed by atoms with Crippen molar-refractivity contribution in [1.29, 1.82) is 0 Å². The fourth-order valence-corrected chi connectivity index (χ4v) is 3.19. The molecular formula is C17H22Cl2N4O. The number of benzene rings is 1. The first-order chi connectivity index (χ1) is 11.1. The van der Waals surface area contributed by atoms with Gasteiger partial charge in [0.05, 0.1) is 28.2 Å². The molecule has 0 aliphatic carbocycles. The minimum atomic E-state index is -0.0699. The fourth-order valence-electron chi connectivity index (χ4n) is 2.97. The standard InChI is InChI=1S/C17H21ClN4O.ClH/c1-11-9-19-8-7-15(11)21-17(23)13-10-20-22(12(13)2)16-6-4-3-5-14(16)18;/h3-6,10-11,15,19H,7-9H2,1-2H3,(H,21,23);1H. The molecule has 2 heterocycles. The molecule has 1 amide bonds. The first-order valence-corrected chi connectivity index (χ1v) is 8.27. The SMILES string of the molecule is Cc1c(C(=O)NC2CCNCC2C)cnn1-c1ccccc1Cl.Cl. The third-order valence-electron chi connectivity index (χ3n) is 4.44. The van der Waals surface area contributed by atoms with Gasteiger partial charge >= 0.3 is 0 Å². The fraction of sp³-hybridized carbons (Fsp3) is 0.412. The zero-order valence-corrected chi connectivity index (χ0v) is 15.3. The Bertz CT molecular complexity index is 716. The second-order valence-corrected chi connectivity index (χ2v) is 6.46. The summed E-state index contributed by atoms with van der Waals surface area (Å²) in [5.74, 6) is 0.353. The molecule has 2 aromatic rings. The van der Waals surface area contributed by atoms with Crippen LogP contribution in [0.1, 0.15) is 29.4 Å². The number of para-hydroxylation sites is 1. The van der Waals surface area contributed by atoms with E-state index in [1.165, 1.54) is 0 Å². The maximum absolute atomic E-state index is 12.6. The predicted octanol–water partition coefficient (Wildman–Crippen LogP) is 2.98. The van der Waals surface area contributed by atoms with Crippen LogP contribution in [0.15, 0.2) is 30.5 Å². The van der Waals surface area contributed by atoms with Gasteiger partial charge in [0.2, 0.25) is 0 Å². The molecule has 2 unspecified atom stereocenters. The van der Waals surface area contributed by atoms with Crippen LogP contribution >= 0.6 is 24.0 Å². The van der Waals surface area contributed by atoms with E-state index < -0.39 is 0 Å². The molecule has 0 spiro atoms. The summed E-state index contributed by atoms with van der Waals surface area (Å²) in [5.41, 5.74) is 2.16. The summed E-state index contributed by atoms with van der Waals surface area (Å²) in [6.45, 7) is 5.91. The van der Waals surface area contributed by atoms with Crippen molar-refractivity contribution in [1.82, 2.24) is 20.4 Å². The van der Waals surface area contributed by atoms with Crippen molar-refractivity contribution in [2.75, 3.05) is 13.1 Å². The Hall–Kier alpha value is -1.56. The van der Waals surface area contributed by atoms with Gasteiger partial charge in [0.1, 0.15) is 0 Å². The lowest BCUT2D eigenvalue weighted by Gasteiger charge is -2.30. The number of halogens is 2. The van der Waals surface area contributed by atoms with Gasteiger partial charge in [-0.2, -0.15) is 5.10 Å². The highest BCUT2D eigenvalue weighted by molar-refractivity contribution is 6.32. The van der Waals surface area contributed by atoms with Crippen LogP contribution in [-0.2, 0) is 0 Å². The van der Waals surface area contributed by atoms with Crippen LogP contribution in [0.4, 0.5) is 0 Å². The molecule has 24 heavy (non-hydrogen) atoms. The van der Waals surface area contributed by atoms with E-state index >= 15 is 0 Å². The third kappa shape index (κ3) is 3.74. The summed E-state index contributed by atoms with van der Waals surface area (Å²) in [6.07, 6.45) is 2.56. The second kappa shape index (κ2) is 8.01. The van der Waals surface area contributed by atoms with Crippen LogP contribution in [0.5, 0.6) is 0 Å². The summed E-state index contributed by atoms with van der Waals surface area (Å²) >= 11 is 6.23. The number of hydrogen-bond acceptors (Lipinski definition) is 3. The number of nitrogens with zero attached hydrogens (tertiary/aromatic N) is 2. The van der Waals surface area contributed by atoms with Crippen LogP contribution < -0.4 is 10.6 Å². The van der Waals surface area contributed by atoms with Gasteiger partial charge in [0.25, 0.3) is 5.91 Å². The summed E-state index contributed by atoms with van der Waals surface area (Å²) in [7, 11) is 0. The Morgan fingerprint density at radius 1 is 1.42 bits per heavy atom. The maximum atomic E-state index is 12.6. The molecule has 1 saturated heterocycles. The molecule has 0 radical (unpaired) electrons. The van der Waals surface area contributed by atoms with Crippen LogP contribution in [0.25, 0.3) is 5.69 Å². The zero-order chi connectivity index (χ0) is 16.4. The highest BCUT2D eigenvalue weighted by Gasteiger charge is 2.25. The summed E-state index contributed by atoms with van der Waals surface area (Å²) in [4.78, 5) is 12.6. The normalized spacial score (nSPS) is 20.3. The van der Waals surface area contributed by atoms with Crippen molar-refractivity contribution in [3.63, 3.8) is 0 Å². The minimum Gasteiger partial charge on any atom is -0.349 e. The molecule has 3 rings (SSSR count). The van der Waals surface area contributed by atoms with Crippen molar-refractivity contribution >= 4 is 29.9 Å². The van der Waals surface area contributed by atoms with Crippen LogP contribution in [0, 0.1) is 12.8 Å². The number of nitrogens with one attached hydrogen (secondary N) is 2. The largest absolute Gasteiger partial charge is 0.349 e. The zero-order valence-electron chi connectivity index (χ0n) is 13.8. The number of carbonyl (C=O) groups is 1. The van der Waals surface area contributed by atoms with Crippen molar-refractivity contribution < 1.29 is 4.79 Å². The minimum absolute atomic E-state index is 0. The van der Waals surface area contributed by atoms with Crippen molar-refractivity contribution in [3.8, 4) is 5.69 Å². The number of aromatic nitrogens is 2. The van der Waals surface area contributed by atoms with Gasteiger partial charge in [-0.15, -0.1) is 12.4 Å². The van der Waals surface area contributed by atoms with E-state index in [1.807, 2.05) is 31.2 Å². The number of amides is 1. The summed E-state index contributed by atoms with van der Waals surface area (Å²) < 4.78 is 1.71. The Labute approximate surface area is 153 Å². The molecule has 1 aromatic carbocycles. The molecule has 0 bridgehead atoms. The molecular weight excluding hydrogens is 347 g/mol. The Morgan fingerprint density at radius 3 is 2.88 bits per heavy atom. The lowest BCUT2D eigenvalue weighted by atomic mass is 9.95. The van der Waals surface area contributed by atoms with E-state index in [2.05, 4.69) is 22.7 Å². The molecule has 130 valence electrons. The van der Waals surface area contributed by atoms with E-state index in [1.54, 1.807) is 10.9 Å². The molecule has 2 atom stereocenters. The van der Waals surface area contributed by atoms with Gasteiger partial charge in [-0.05, 0) is 44.5 Å². The molecule has 7 heteroatoms. The number of piperidine rings is 1. The van der Waals surface area contributed by atoms with Crippen molar-refractivity contribution in [2.24, 2.45) is 5.92 Å². The Kier molecular flexibility index (Phi) is 6.27. The average Bonchev–Trinajstić information content (AvgIpc) is 2.92. The van der Waals surface area contributed by atoms with Gasteiger partial charge < -0.3 is 10.6 Å². The van der Waals surface area contributed by atoms with Crippen LogP contribution in [-0.4, -0.2) is 34.8 Å². The predicted molar refractivity (Wildman–Crippen MR) is 98.5 cm³/mol. The lowest BCUT2D eigenvalue weighted by molar-refractivity contribution is 0.0913. The molecule has 1 aliphatic rings. The Morgan fingerprint density at radius 2 is 2.17 bits per heavy atom. The second-order valence-electron chi connectivity index (χ2n) is 6.06. The first-order valence-electron chi connectivity index (χ1n) is 7.89. The topological polar surface area (TPSA) is 59.0 Å². The molecule has 2 N–H and O–H groups in total. The molecule has 5 nitrogen and oxygen atoms in total. The number of rotatable bonds is 3. The monoisotopic (exact) mass is 368 g/mol. The third-order valence-corrected chi connectivity index (χ3v) is 4.76. The van der Waals surface area contributed by atoms with E-state index in [9.17, 15) is 4.79 Å². The smallest absolute Gasteiger partial charge is 0.254 e.